The number of nitriles is 1. The second kappa shape index (κ2) is 8.03. The first-order valence-corrected chi connectivity index (χ1v) is 7.37. The molecule has 22 heavy (non-hydrogen) atoms. The van der Waals surface area contributed by atoms with Crippen LogP contribution in [0.3, 0.4) is 0 Å². The lowest BCUT2D eigenvalue weighted by atomic mass is 10.2. The summed E-state index contributed by atoms with van der Waals surface area (Å²) >= 11 is 0. The number of nitrogens with zero attached hydrogens (tertiary/aromatic N) is 4. The molecule has 0 atom stereocenters. The first kappa shape index (κ1) is 15.8. The van der Waals surface area contributed by atoms with Crippen LogP contribution < -0.4 is 9.47 Å². The zero-order chi connectivity index (χ0) is 15.8. The van der Waals surface area contributed by atoms with E-state index in [0.29, 0.717) is 17.1 Å². The molecular formula is C16H20N4O2. The molecule has 6 nitrogen and oxygen atoms in total. The first-order valence-electron chi connectivity index (χ1n) is 7.37. The predicted molar refractivity (Wildman–Crippen MR) is 81.6 cm³/mol. The standard InChI is InChI=1S/C16H20N4O2/c1-3-4-5-9-20-16(15(11-17)18-19-20)12-22-14-8-6-7-13(10-14)21-2/h6-8,10H,3-5,9,12H2,1-2H3. The molecule has 0 fully saturated rings. The van der Waals surface area contributed by atoms with Crippen molar-refractivity contribution in [1.82, 2.24) is 15.0 Å². The van der Waals surface area contributed by atoms with Crippen molar-refractivity contribution in [3.8, 4) is 17.6 Å². The van der Waals surface area contributed by atoms with Gasteiger partial charge < -0.3 is 9.47 Å². The van der Waals surface area contributed by atoms with Crippen molar-refractivity contribution in [2.75, 3.05) is 7.11 Å². The molecular weight excluding hydrogens is 280 g/mol. The van der Waals surface area contributed by atoms with Crippen LogP contribution in [0.1, 0.15) is 37.6 Å². The van der Waals surface area contributed by atoms with Crippen LogP contribution in [0.25, 0.3) is 0 Å². The van der Waals surface area contributed by atoms with Crippen LogP contribution in [0.4, 0.5) is 0 Å². The summed E-state index contributed by atoms with van der Waals surface area (Å²) in [7, 11) is 1.61. The Morgan fingerprint density at radius 2 is 2.09 bits per heavy atom. The third-order valence-corrected chi connectivity index (χ3v) is 3.33. The van der Waals surface area contributed by atoms with E-state index in [-0.39, 0.29) is 6.61 Å². The molecule has 0 radical (unpaired) electrons. The van der Waals surface area contributed by atoms with Crippen molar-refractivity contribution >= 4 is 0 Å². The van der Waals surface area contributed by atoms with Crippen molar-refractivity contribution in [1.29, 1.82) is 5.26 Å². The molecule has 0 saturated carbocycles. The highest BCUT2D eigenvalue weighted by molar-refractivity contribution is 5.33. The maximum atomic E-state index is 9.14. The van der Waals surface area contributed by atoms with Gasteiger partial charge in [0.1, 0.15) is 29.9 Å². The van der Waals surface area contributed by atoms with Crippen molar-refractivity contribution < 1.29 is 9.47 Å². The van der Waals surface area contributed by atoms with E-state index in [1.165, 1.54) is 0 Å². The third-order valence-electron chi connectivity index (χ3n) is 3.33. The molecule has 6 heteroatoms. The van der Waals surface area contributed by atoms with Crippen LogP contribution in [-0.2, 0) is 13.2 Å². The fourth-order valence-electron chi connectivity index (χ4n) is 2.10. The van der Waals surface area contributed by atoms with E-state index in [1.54, 1.807) is 17.9 Å². The van der Waals surface area contributed by atoms with E-state index in [0.717, 1.165) is 31.6 Å². The van der Waals surface area contributed by atoms with Crippen LogP contribution in [-0.4, -0.2) is 22.1 Å². The molecule has 0 amide bonds. The summed E-state index contributed by atoms with van der Waals surface area (Å²) < 4.78 is 12.7. The van der Waals surface area contributed by atoms with Crippen LogP contribution in [0.15, 0.2) is 24.3 Å². The summed E-state index contributed by atoms with van der Waals surface area (Å²) in [5.74, 6) is 1.41. The molecule has 0 aliphatic heterocycles. The Labute approximate surface area is 130 Å². The van der Waals surface area contributed by atoms with Crippen molar-refractivity contribution in [2.45, 2.75) is 39.3 Å². The fraction of sp³-hybridized carbons (Fsp3) is 0.438. The van der Waals surface area contributed by atoms with Gasteiger partial charge in [-0.1, -0.05) is 31.0 Å². The average Bonchev–Trinajstić information content (AvgIpc) is 2.95. The number of benzene rings is 1. The van der Waals surface area contributed by atoms with Crippen LogP contribution >= 0.6 is 0 Å². The van der Waals surface area contributed by atoms with E-state index in [2.05, 4.69) is 23.3 Å². The van der Waals surface area contributed by atoms with Gasteiger partial charge in [0.05, 0.1) is 7.11 Å². The summed E-state index contributed by atoms with van der Waals surface area (Å²) in [6.07, 6.45) is 3.27. The zero-order valence-electron chi connectivity index (χ0n) is 13.0. The fourth-order valence-corrected chi connectivity index (χ4v) is 2.10. The van der Waals surface area contributed by atoms with Crippen molar-refractivity contribution in [3.63, 3.8) is 0 Å². The van der Waals surface area contributed by atoms with Crippen LogP contribution in [0, 0.1) is 11.3 Å². The number of hydrogen-bond acceptors (Lipinski definition) is 5. The molecule has 1 aromatic heterocycles. The molecule has 0 unspecified atom stereocenters. The van der Waals surface area contributed by atoms with Gasteiger partial charge in [0.2, 0.25) is 0 Å². The predicted octanol–water partition coefficient (Wildman–Crippen LogP) is 2.93. The van der Waals surface area contributed by atoms with Gasteiger partial charge in [0.25, 0.3) is 0 Å². The van der Waals surface area contributed by atoms with Crippen molar-refractivity contribution in [3.05, 3.63) is 35.7 Å². The Morgan fingerprint density at radius 1 is 1.27 bits per heavy atom. The Bertz CT molecular complexity index is 646. The number of unbranched alkanes of at least 4 members (excludes halogenated alkanes) is 2. The minimum Gasteiger partial charge on any atom is -0.497 e. The lowest BCUT2D eigenvalue weighted by Gasteiger charge is -2.09. The lowest BCUT2D eigenvalue weighted by molar-refractivity contribution is 0.288. The number of ether oxygens (including phenoxy) is 2. The van der Waals surface area contributed by atoms with Gasteiger partial charge in [-0.2, -0.15) is 5.26 Å². The second-order valence-corrected chi connectivity index (χ2v) is 4.89. The molecule has 0 spiro atoms. The van der Waals surface area contributed by atoms with Gasteiger partial charge >= 0.3 is 0 Å². The topological polar surface area (TPSA) is 73.0 Å². The van der Waals surface area contributed by atoms with Gasteiger partial charge in [-0.25, -0.2) is 4.68 Å². The smallest absolute Gasteiger partial charge is 0.189 e. The van der Waals surface area contributed by atoms with Crippen LogP contribution in [0.5, 0.6) is 11.5 Å². The highest BCUT2D eigenvalue weighted by atomic mass is 16.5. The minimum absolute atomic E-state index is 0.259. The summed E-state index contributed by atoms with van der Waals surface area (Å²) in [5, 5.41) is 17.1. The molecule has 2 aromatic rings. The van der Waals surface area contributed by atoms with E-state index in [9.17, 15) is 0 Å². The van der Waals surface area contributed by atoms with E-state index >= 15 is 0 Å². The van der Waals surface area contributed by atoms with Crippen molar-refractivity contribution in [2.24, 2.45) is 0 Å². The SMILES string of the molecule is CCCCCn1nnc(C#N)c1COc1cccc(OC)c1. The summed E-state index contributed by atoms with van der Waals surface area (Å²) in [6.45, 7) is 3.16. The molecule has 0 N–H and O–H groups in total. The number of aryl methyl sites for hydroxylation is 1. The summed E-state index contributed by atoms with van der Waals surface area (Å²) in [6, 6.07) is 9.42. The van der Waals surface area contributed by atoms with Gasteiger partial charge in [-0.15, -0.1) is 5.10 Å². The average molecular weight is 300 g/mol. The van der Waals surface area contributed by atoms with Gasteiger partial charge in [-0.05, 0) is 18.6 Å². The number of methoxy groups -OCH3 is 1. The van der Waals surface area contributed by atoms with Gasteiger partial charge in [0, 0.05) is 12.6 Å². The monoisotopic (exact) mass is 300 g/mol. The maximum Gasteiger partial charge on any atom is 0.189 e. The van der Waals surface area contributed by atoms with Gasteiger partial charge in [-0.3, -0.25) is 0 Å². The Hall–Kier alpha value is -2.55. The molecule has 1 heterocycles. The molecule has 2 rings (SSSR count). The highest BCUT2D eigenvalue weighted by Gasteiger charge is 2.13. The summed E-state index contributed by atoms with van der Waals surface area (Å²) in [5.41, 5.74) is 1.03. The summed E-state index contributed by atoms with van der Waals surface area (Å²) in [4.78, 5) is 0. The molecule has 1 aromatic carbocycles. The maximum absolute atomic E-state index is 9.14. The Balaban J connectivity index is 2.07. The molecule has 0 aliphatic carbocycles. The molecule has 116 valence electrons. The van der Waals surface area contributed by atoms with Crippen LogP contribution in [0.2, 0.25) is 0 Å². The van der Waals surface area contributed by atoms with E-state index in [1.807, 2.05) is 18.2 Å². The van der Waals surface area contributed by atoms with Gasteiger partial charge in [0.15, 0.2) is 5.69 Å². The Morgan fingerprint density at radius 3 is 2.82 bits per heavy atom. The highest BCUT2D eigenvalue weighted by Crippen LogP contribution is 2.20. The lowest BCUT2D eigenvalue weighted by Crippen LogP contribution is -2.09. The normalized spacial score (nSPS) is 10.2. The third kappa shape index (κ3) is 3.98. The largest absolute Gasteiger partial charge is 0.497 e. The molecule has 0 bridgehead atoms. The number of rotatable bonds is 8. The van der Waals surface area contributed by atoms with E-state index in [4.69, 9.17) is 14.7 Å². The minimum atomic E-state index is 0.259. The number of hydrogen-bond donors (Lipinski definition) is 0. The second-order valence-electron chi connectivity index (χ2n) is 4.89. The first-order chi connectivity index (χ1) is 10.8. The molecule has 0 saturated heterocycles. The quantitative estimate of drug-likeness (QED) is 0.701. The number of aromatic nitrogens is 3. The zero-order valence-corrected chi connectivity index (χ0v) is 13.0. The molecule has 0 aliphatic rings. The van der Waals surface area contributed by atoms with E-state index < -0.39 is 0 Å². The Kier molecular flexibility index (Phi) is 5.78.